The molecule has 1 aliphatic rings. The number of rotatable bonds is 3. The third kappa shape index (κ3) is 2.86. The van der Waals surface area contributed by atoms with Gasteiger partial charge in [-0.05, 0) is 48.1 Å². The molecule has 0 fully saturated rings. The molecule has 4 aromatic rings. The van der Waals surface area contributed by atoms with E-state index in [0.717, 1.165) is 46.8 Å². The van der Waals surface area contributed by atoms with Gasteiger partial charge in [0.1, 0.15) is 0 Å². The molecule has 134 valence electrons. The molecular weight excluding hydrogens is 356 g/mol. The van der Waals surface area contributed by atoms with Crippen molar-refractivity contribution in [2.24, 2.45) is 0 Å². The Kier molecular flexibility index (Phi) is 4.05. The van der Waals surface area contributed by atoms with Crippen LogP contribution in [0.2, 0.25) is 0 Å². The van der Waals surface area contributed by atoms with E-state index in [1.165, 1.54) is 17.3 Å². The predicted molar refractivity (Wildman–Crippen MR) is 108 cm³/mol. The zero-order valence-electron chi connectivity index (χ0n) is 14.7. The minimum Gasteiger partial charge on any atom is -0.311 e. The summed E-state index contributed by atoms with van der Waals surface area (Å²) in [7, 11) is 0. The first-order valence-corrected chi connectivity index (χ1v) is 10.0. The van der Waals surface area contributed by atoms with Gasteiger partial charge in [0.05, 0.1) is 11.3 Å². The van der Waals surface area contributed by atoms with Crippen LogP contribution in [0.4, 0.5) is 5.69 Å². The molecule has 1 aliphatic heterocycles. The number of pyridine rings is 1. The van der Waals surface area contributed by atoms with E-state index in [9.17, 15) is 4.79 Å². The van der Waals surface area contributed by atoms with E-state index in [1.807, 2.05) is 51.8 Å². The fourth-order valence-corrected chi connectivity index (χ4v) is 4.53. The molecule has 0 N–H and O–H groups in total. The monoisotopic (exact) mass is 374 g/mol. The molecule has 0 radical (unpaired) electrons. The SMILES string of the molecule is O=C(CSc1nnc2ccc3ccccc3n12)N1CCCc2ccccc21. The van der Waals surface area contributed by atoms with Crippen LogP contribution in [0.25, 0.3) is 16.6 Å². The summed E-state index contributed by atoms with van der Waals surface area (Å²) in [6.45, 7) is 0.778. The van der Waals surface area contributed by atoms with Gasteiger partial charge in [0.2, 0.25) is 5.91 Å². The molecule has 3 heterocycles. The van der Waals surface area contributed by atoms with E-state index in [2.05, 4.69) is 28.4 Å². The lowest BCUT2D eigenvalue weighted by Gasteiger charge is -2.29. The largest absolute Gasteiger partial charge is 0.311 e. The van der Waals surface area contributed by atoms with Gasteiger partial charge in [-0.15, -0.1) is 10.2 Å². The summed E-state index contributed by atoms with van der Waals surface area (Å²) >= 11 is 1.45. The highest BCUT2D eigenvalue weighted by Crippen LogP contribution is 2.28. The van der Waals surface area contributed by atoms with Crippen LogP contribution < -0.4 is 4.90 Å². The normalized spacial score (nSPS) is 13.9. The topological polar surface area (TPSA) is 50.5 Å². The summed E-state index contributed by atoms with van der Waals surface area (Å²) in [6.07, 6.45) is 2.04. The summed E-state index contributed by atoms with van der Waals surface area (Å²) < 4.78 is 2.03. The molecule has 0 saturated heterocycles. The molecule has 6 heteroatoms. The number of hydrogen-bond acceptors (Lipinski definition) is 4. The minimum atomic E-state index is 0.115. The van der Waals surface area contributed by atoms with Crippen molar-refractivity contribution in [1.82, 2.24) is 14.6 Å². The maximum absolute atomic E-state index is 12.9. The Balaban J connectivity index is 1.42. The number of anilines is 1. The average molecular weight is 374 g/mol. The van der Waals surface area contributed by atoms with Crippen LogP contribution in [0.3, 0.4) is 0 Å². The third-order valence-corrected chi connectivity index (χ3v) is 5.90. The Morgan fingerprint density at radius 2 is 1.85 bits per heavy atom. The summed E-state index contributed by atoms with van der Waals surface area (Å²) in [6, 6.07) is 20.3. The van der Waals surface area contributed by atoms with Crippen LogP contribution in [0, 0.1) is 0 Å². The Labute approximate surface area is 161 Å². The number of amides is 1. The van der Waals surface area contributed by atoms with Crippen LogP contribution in [0.1, 0.15) is 12.0 Å². The molecular formula is C21H18N4OS. The highest BCUT2D eigenvalue weighted by Gasteiger charge is 2.22. The van der Waals surface area contributed by atoms with Crippen molar-refractivity contribution in [2.45, 2.75) is 18.0 Å². The van der Waals surface area contributed by atoms with Crippen molar-refractivity contribution in [2.75, 3.05) is 17.2 Å². The number of aromatic nitrogens is 3. The van der Waals surface area contributed by atoms with Crippen molar-refractivity contribution in [3.63, 3.8) is 0 Å². The van der Waals surface area contributed by atoms with Crippen molar-refractivity contribution in [3.8, 4) is 0 Å². The smallest absolute Gasteiger partial charge is 0.237 e. The van der Waals surface area contributed by atoms with Crippen LogP contribution in [0.15, 0.2) is 65.8 Å². The molecule has 2 aromatic carbocycles. The van der Waals surface area contributed by atoms with Gasteiger partial charge in [-0.3, -0.25) is 9.20 Å². The maximum atomic E-state index is 12.9. The van der Waals surface area contributed by atoms with Gasteiger partial charge in [0, 0.05) is 12.2 Å². The Hall–Kier alpha value is -2.86. The Morgan fingerprint density at radius 3 is 2.81 bits per heavy atom. The molecule has 1 amide bonds. The number of thioether (sulfide) groups is 1. The van der Waals surface area contributed by atoms with E-state index >= 15 is 0 Å². The minimum absolute atomic E-state index is 0.115. The quantitative estimate of drug-likeness (QED) is 0.510. The molecule has 0 bridgehead atoms. The van der Waals surface area contributed by atoms with E-state index < -0.39 is 0 Å². The predicted octanol–water partition coefficient (Wildman–Crippen LogP) is 3.95. The number of para-hydroxylation sites is 2. The van der Waals surface area contributed by atoms with E-state index in [1.54, 1.807) is 0 Å². The van der Waals surface area contributed by atoms with Crippen molar-refractivity contribution < 1.29 is 4.79 Å². The van der Waals surface area contributed by atoms with Crippen LogP contribution in [0.5, 0.6) is 0 Å². The lowest BCUT2D eigenvalue weighted by molar-refractivity contribution is -0.116. The van der Waals surface area contributed by atoms with E-state index in [4.69, 9.17) is 0 Å². The lowest BCUT2D eigenvalue weighted by Crippen LogP contribution is -2.36. The van der Waals surface area contributed by atoms with E-state index in [-0.39, 0.29) is 5.91 Å². The zero-order valence-corrected chi connectivity index (χ0v) is 15.5. The first-order valence-electron chi connectivity index (χ1n) is 9.05. The van der Waals surface area contributed by atoms with Gasteiger partial charge >= 0.3 is 0 Å². The van der Waals surface area contributed by atoms with Crippen molar-refractivity contribution in [3.05, 3.63) is 66.2 Å². The fraction of sp³-hybridized carbons (Fsp3) is 0.190. The van der Waals surface area contributed by atoms with Crippen LogP contribution >= 0.6 is 11.8 Å². The van der Waals surface area contributed by atoms with E-state index in [0.29, 0.717) is 5.75 Å². The summed E-state index contributed by atoms with van der Waals surface area (Å²) in [5.41, 5.74) is 4.15. The fourth-order valence-electron chi connectivity index (χ4n) is 3.70. The molecule has 0 atom stereocenters. The molecule has 0 spiro atoms. The summed E-state index contributed by atoms with van der Waals surface area (Å²) in [5.74, 6) is 0.461. The van der Waals surface area contributed by atoms with Crippen molar-refractivity contribution in [1.29, 1.82) is 0 Å². The van der Waals surface area contributed by atoms with Gasteiger partial charge < -0.3 is 4.90 Å². The lowest BCUT2D eigenvalue weighted by atomic mass is 10.0. The molecule has 27 heavy (non-hydrogen) atoms. The number of carbonyl (C=O) groups excluding carboxylic acids is 1. The molecule has 0 saturated carbocycles. The van der Waals surface area contributed by atoms with Crippen LogP contribution in [-0.2, 0) is 11.2 Å². The summed E-state index contributed by atoms with van der Waals surface area (Å²) in [4.78, 5) is 14.8. The standard InChI is InChI=1S/C21H18N4OS/c26-20(24-13-5-8-15-6-1-3-9-17(15)24)14-27-21-23-22-19-12-11-16-7-2-4-10-18(16)25(19)21/h1-4,6-7,9-12H,5,8,13-14H2. The number of benzene rings is 2. The Bertz CT molecular complexity index is 1150. The van der Waals surface area contributed by atoms with Crippen LogP contribution in [-0.4, -0.2) is 32.8 Å². The number of hydrogen-bond donors (Lipinski definition) is 0. The first kappa shape index (κ1) is 16.3. The molecule has 5 rings (SSSR count). The second-order valence-electron chi connectivity index (χ2n) is 6.63. The third-order valence-electron chi connectivity index (χ3n) is 4.98. The number of nitrogens with zero attached hydrogens (tertiary/aromatic N) is 4. The first-order chi connectivity index (χ1) is 13.3. The van der Waals surface area contributed by atoms with Gasteiger partial charge in [0.15, 0.2) is 10.8 Å². The molecule has 0 aliphatic carbocycles. The van der Waals surface area contributed by atoms with Gasteiger partial charge in [-0.1, -0.05) is 48.2 Å². The zero-order chi connectivity index (χ0) is 18.2. The van der Waals surface area contributed by atoms with Crippen molar-refractivity contribution >= 4 is 39.9 Å². The number of carbonyl (C=O) groups is 1. The van der Waals surface area contributed by atoms with Gasteiger partial charge in [-0.25, -0.2) is 0 Å². The van der Waals surface area contributed by atoms with Gasteiger partial charge in [0.25, 0.3) is 0 Å². The highest BCUT2D eigenvalue weighted by molar-refractivity contribution is 7.99. The number of fused-ring (bicyclic) bond motifs is 4. The molecule has 0 unspecified atom stereocenters. The molecule has 5 nitrogen and oxygen atoms in total. The second-order valence-corrected chi connectivity index (χ2v) is 7.58. The number of aryl methyl sites for hydroxylation is 1. The second kappa shape index (κ2) is 6.70. The maximum Gasteiger partial charge on any atom is 0.237 e. The van der Waals surface area contributed by atoms with Gasteiger partial charge in [-0.2, -0.15) is 0 Å². The summed E-state index contributed by atoms with van der Waals surface area (Å²) in [5, 5.41) is 10.5. The average Bonchev–Trinajstić information content (AvgIpc) is 3.15. The molecule has 2 aromatic heterocycles. The highest BCUT2D eigenvalue weighted by atomic mass is 32.2. The Morgan fingerprint density at radius 1 is 1.00 bits per heavy atom.